The van der Waals surface area contributed by atoms with Crippen LogP contribution in [-0.2, 0) is 6.42 Å². The van der Waals surface area contributed by atoms with Gasteiger partial charge in [-0.1, -0.05) is 44.3 Å². The normalized spacial score (nSPS) is 14.8. The smallest absolute Gasteiger partial charge is 0.164 e. The Morgan fingerprint density at radius 2 is 2.16 bits per heavy atom. The van der Waals surface area contributed by atoms with Crippen molar-refractivity contribution in [3.8, 4) is 0 Å². The minimum Gasteiger partial charge on any atom is -0.237 e. The molecule has 0 atom stereocenters. The minimum absolute atomic E-state index is 0.661. The molecule has 130 valence electrons. The summed E-state index contributed by atoms with van der Waals surface area (Å²) in [6, 6.07) is 2.07. The summed E-state index contributed by atoms with van der Waals surface area (Å²) in [7, 11) is 0. The van der Waals surface area contributed by atoms with E-state index in [4.69, 9.17) is 4.98 Å². The fourth-order valence-corrected chi connectivity index (χ4v) is 3.16. The van der Waals surface area contributed by atoms with E-state index in [1.54, 1.807) is 16.8 Å². The Bertz CT molecular complexity index is 759. The van der Waals surface area contributed by atoms with Crippen molar-refractivity contribution in [1.82, 2.24) is 4.98 Å². The monoisotopic (exact) mass is 352 g/mol. The van der Waals surface area contributed by atoms with Crippen LogP contribution in [0.1, 0.15) is 43.5 Å². The van der Waals surface area contributed by atoms with Crippen molar-refractivity contribution in [1.29, 1.82) is 0 Å². The number of pyridine rings is 1. The van der Waals surface area contributed by atoms with Gasteiger partial charge < -0.3 is 0 Å². The maximum Gasteiger partial charge on any atom is 0.164 e. The molecule has 0 saturated heterocycles. The van der Waals surface area contributed by atoms with E-state index in [9.17, 15) is 0 Å². The summed E-state index contributed by atoms with van der Waals surface area (Å²) in [6.07, 6.45) is 10.3. The van der Waals surface area contributed by atoms with E-state index < -0.39 is 0 Å². The maximum absolute atomic E-state index is 4.83. The zero-order valence-corrected chi connectivity index (χ0v) is 15.7. The van der Waals surface area contributed by atoms with Crippen LogP contribution in [0.3, 0.4) is 0 Å². The summed E-state index contributed by atoms with van der Waals surface area (Å²) >= 11 is 1.61. The predicted octanol–water partition coefficient (Wildman–Crippen LogP) is 5.54. The van der Waals surface area contributed by atoms with Crippen LogP contribution in [0.4, 0.5) is 5.82 Å². The lowest BCUT2D eigenvalue weighted by atomic mass is 10.1. The Labute approximate surface area is 154 Å². The Kier molecular flexibility index (Phi) is 6.95. The van der Waals surface area contributed by atoms with Crippen LogP contribution < -0.4 is 5.01 Å². The summed E-state index contributed by atoms with van der Waals surface area (Å²) in [5, 5.41) is 7.84. The van der Waals surface area contributed by atoms with Gasteiger partial charge in [-0.25, -0.2) is 9.98 Å². The molecule has 0 spiro atoms. The number of thioether (sulfide) groups is 1. The molecule has 0 fully saturated rings. The number of aromatic nitrogens is 1. The number of fused-ring (bicyclic) bond motifs is 1. The number of rotatable bonds is 8. The van der Waals surface area contributed by atoms with Gasteiger partial charge in [-0.15, -0.1) is 6.58 Å². The fourth-order valence-electron chi connectivity index (χ4n) is 2.40. The summed E-state index contributed by atoms with van der Waals surface area (Å²) in [5.41, 5.74) is 2.85. The second kappa shape index (κ2) is 9.18. The molecule has 1 aromatic rings. The van der Waals surface area contributed by atoms with Crippen molar-refractivity contribution in [2.45, 2.75) is 33.1 Å². The van der Waals surface area contributed by atoms with Gasteiger partial charge in [0.2, 0.25) is 0 Å². The first-order valence-corrected chi connectivity index (χ1v) is 9.20. The highest BCUT2D eigenvalue weighted by atomic mass is 32.2. The molecule has 5 heteroatoms. The molecule has 0 N–H and O–H groups in total. The Balaban J connectivity index is 2.50. The van der Waals surface area contributed by atoms with Crippen LogP contribution >= 0.6 is 11.8 Å². The molecule has 4 nitrogen and oxygen atoms in total. The summed E-state index contributed by atoms with van der Waals surface area (Å²) < 4.78 is 0. The van der Waals surface area contributed by atoms with Gasteiger partial charge in [-0.3, -0.25) is 0 Å². The standard InChI is InChI=1S/C20H24N4S/c1-6-9-12-25-15(4)17-13-16-14-22-19(11-8-3)24(21-5)20(16)23-18(17)10-7-2/h7,9,11-14H,2,4-6,8,10H2,1,3H3/b12-9-,19-11-. The quantitative estimate of drug-likeness (QED) is 0.455. The van der Waals surface area contributed by atoms with E-state index in [0.29, 0.717) is 6.42 Å². The third kappa shape index (κ3) is 4.37. The van der Waals surface area contributed by atoms with Crippen LogP contribution in [0.2, 0.25) is 0 Å². The van der Waals surface area contributed by atoms with Gasteiger partial charge in [0.25, 0.3) is 0 Å². The van der Waals surface area contributed by atoms with Crippen molar-refractivity contribution in [3.63, 3.8) is 0 Å². The van der Waals surface area contributed by atoms with E-state index in [0.717, 1.165) is 46.2 Å². The van der Waals surface area contributed by atoms with Crippen LogP contribution in [0.15, 0.2) is 58.8 Å². The second-order valence-electron chi connectivity index (χ2n) is 5.39. The topological polar surface area (TPSA) is 40.9 Å². The molecule has 2 rings (SSSR count). The molecule has 0 saturated carbocycles. The molecule has 1 aliphatic heterocycles. The zero-order chi connectivity index (χ0) is 18.2. The molecule has 0 unspecified atom stereocenters. The van der Waals surface area contributed by atoms with Crippen molar-refractivity contribution < 1.29 is 0 Å². The van der Waals surface area contributed by atoms with Gasteiger partial charge in [0.05, 0.1) is 5.69 Å². The number of hydrazone groups is 1. The maximum atomic E-state index is 4.83. The second-order valence-corrected chi connectivity index (χ2v) is 6.39. The number of hydrogen-bond acceptors (Lipinski definition) is 5. The van der Waals surface area contributed by atoms with Crippen molar-refractivity contribution in [2.75, 3.05) is 5.01 Å². The third-order valence-corrected chi connectivity index (χ3v) is 4.40. The highest BCUT2D eigenvalue weighted by Crippen LogP contribution is 2.34. The van der Waals surface area contributed by atoms with E-state index in [2.05, 4.69) is 61.4 Å². The lowest BCUT2D eigenvalue weighted by Gasteiger charge is -2.25. The number of hydrogen-bond donors (Lipinski definition) is 0. The predicted molar refractivity (Wildman–Crippen MR) is 112 cm³/mol. The van der Waals surface area contributed by atoms with Crippen LogP contribution in [0.5, 0.6) is 0 Å². The van der Waals surface area contributed by atoms with E-state index in [1.807, 2.05) is 18.4 Å². The largest absolute Gasteiger partial charge is 0.237 e. The van der Waals surface area contributed by atoms with E-state index >= 15 is 0 Å². The van der Waals surface area contributed by atoms with Gasteiger partial charge in [0, 0.05) is 35.4 Å². The highest BCUT2D eigenvalue weighted by Gasteiger charge is 2.22. The average Bonchev–Trinajstić information content (AvgIpc) is 2.61. The van der Waals surface area contributed by atoms with Crippen LogP contribution in [0.25, 0.3) is 4.91 Å². The third-order valence-electron chi connectivity index (χ3n) is 3.57. The molecule has 1 aliphatic rings. The number of anilines is 1. The van der Waals surface area contributed by atoms with E-state index in [-0.39, 0.29) is 0 Å². The Morgan fingerprint density at radius 1 is 1.36 bits per heavy atom. The highest BCUT2D eigenvalue weighted by molar-refractivity contribution is 8.10. The Morgan fingerprint density at radius 3 is 2.80 bits per heavy atom. The van der Waals surface area contributed by atoms with Crippen LogP contribution in [-0.4, -0.2) is 17.9 Å². The van der Waals surface area contributed by atoms with Crippen molar-refractivity contribution >= 4 is 35.4 Å². The zero-order valence-electron chi connectivity index (χ0n) is 14.9. The first kappa shape index (κ1) is 18.9. The van der Waals surface area contributed by atoms with Gasteiger partial charge in [-0.05, 0) is 30.4 Å². The molecular formula is C20H24N4S. The SMILES string of the molecule is C=CCc1nc2c(cc1C(=C)S/C=C\CC)C=N/C(=C/CC)N2N=C. The summed E-state index contributed by atoms with van der Waals surface area (Å²) in [5.74, 6) is 1.49. The molecule has 0 aliphatic carbocycles. The van der Waals surface area contributed by atoms with Gasteiger partial charge in [0.15, 0.2) is 11.6 Å². The fraction of sp³-hybridized carbons (Fsp3) is 0.250. The Hall–Kier alpha value is -2.40. The molecule has 25 heavy (non-hydrogen) atoms. The summed E-state index contributed by atoms with van der Waals surface area (Å²) in [4.78, 5) is 10.3. The summed E-state index contributed by atoms with van der Waals surface area (Å²) in [6.45, 7) is 15.9. The first-order valence-electron chi connectivity index (χ1n) is 8.32. The molecule has 0 amide bonds. The first-order chi connectivity index (χ1) is 12.2. The lowest BCUT2D eigenvalue weighted by Crippen LogP contribution is -2.21. The van der Waals surface area contributed by atoms with Crippen LogP contribution in [0, 0.1) is 0 Å². The molecule has 0 bridgehead atoms. The van der Waals surface area contributed by atoms with Gasteiger partial charge >= 0.3 is 0 Å². The number of allylic oxidation sites excluding steroid dienone is 3. The van der Waals surface area contributed by atoms with Crippen molar-refractivity contribution in [3.05, 3.63) is 65.5 Å². The molecule has 0 aromatic carbocycles. The van der Waals surface area contributed by atoms with E-state index in [1.165, 1.54) is 0 Å². The molecule has 2 heterocycles. The number of nitrogens with zero attached hydrogens (tertiary/aromatic N) is 4. The van der Waals surface area contributed by atoms with Gasteiger partial charge in [0.1, 0.15) is 0 Å². The lowest BCUT2D eigenvalue weighted by molar-refractivity contribution is 0.912. The molecule has 1 aromatic heterocycles. The average molecular weight is 353 g/mol. The minimum atomic E-state index is 0.661. The van der Waals surface area contributed by atoms with Gasteiger partial charge in [-0.2, -0.15) is 10.1 Å². The van der Waals surface area contributed by atoms with Crippen molar-refractivity contribution in [2.24, 2.45) is 10.1 Å². The molecular weight excluding hydrogens is 328 g/mol. The molecule has 0 radical (unpaired) electrons. The number of aliphatic imine (C=N–C) groups is 1.